The van der Waals surface area contributed by atoms with Crippen LogP contribution in [0.15, 0.2) is 122 Å². The van der Waals surface area contributed by atoms with Gasteiger partial charge in [0.1, 0.15) is 26.4 Å². The van der Waals surface area contributed by atoms with E-state index in [9.17, 15) is 20.4 Å². The molecule has 0 fully saturated rings. The quantitative estimate of drug-likeness (QED) is 0.0671. The molecule has 2 aliphatic heterocycles. The first kappa shape index (κ1) is 49.2. The van der Waals surface area contributed by atoms with E-state index in [1.807, 2.05) is 116 Å². The van der Waals surface area contributed by atoms with Crippen LogP contribution >= 0.6 is 0 Å². The van der Waals surface area contributed by atoms with Crippen molar-refractivity contribution >= 4 is 46.4 Å². The molecule has 12 nitrogen and oxygen atoms in total. The number of halogens is 4. The molecule has 8 bridgehead atoms. The molecule has 0 saturated heterocycles. The van der Waals surface area contributed by atoms with Crippen LogP contribution in [0.1, 0.15) is 22.8 Å². The summed E-state index contributed by atoms with van der Waals surface area (Å²) in [6, 6.07) is 24.5. The second-order valence-corrected chi connectivity index (χ2v) is 14.7. The molecule has 9 heterocycles. The zero-order chi connectivity index (χ0) is 41.0. The lowest BCUT2D eigenvalue weighted by Crippen LogP contribution is -3.00. The summed E-state index contributed by atoms with van der Waals surface area (Å²) in [7, 11) is 0. The lowest BCUT2D eigenvalue weighted by Gasteiger charge is -2.06. The highest BCUT2D eigenvalue weighted by molar-refractivity contribution is 5.99. The summed E-state index contributed by atoms with van der Waals surface area (Å²) < 4.78 is 7.89. The summed E-state index contributed by atoms with van der Waals surface area (Å²) in [6.45, 7) is 1.80. The van der Waals surface area contributed by atoms with Crippen molar-refractivity contribution in [2.75, 3.05) is 26.4 Å². The third-order valence-corrected chi connectivity index (χ3v) is 10.8. The Morgan fingerprint density at radius 1 is 0.359 bits per heavy atom. The predicted octanol–water partition coefficient (Wildman–Crippen LogP) is -7.54. The molecule has 0 aliphatic carbocycles. The van der Waals surface area contributed by atoms with Crippen LogP contribution in [0.4, 0.5) is 0 Å². The number of rotatable bonds is 12. The van der Waals surface area contributed by atoms with Gasteiger partial charge in [0.05, 0.1) is 22.8 Å². The van der Waals surface area contributed by atoms with Crippen LogP contribution in [0.3, 0.4) is 0 Å². The maximum Gasteiger partial charge on any atom is 0.176 e. The summed E-state index contributed by atoms with van der Waals surface area (Å²) >= 11 is 0. The Morgan fingerprint density at radius 3 is 0.812 bits per heavy atom. The van der Waals surface area contributed by atoms with Gasteiger partial charge < -0.3 is 80.0 Å². The highest BCUT2D eigenvalue weighted by atomic mass is 35.5. The van der Waals surface area contributed by atoms with Gasteiger partial charge in [0.15, 0.2) is 75.8 Å². The predicted molar refractivity (Wildman–Crippen MR) is 230 cm³/mol. The van der Waals surface area contributed by atoms with Gasteiger partial charge in [-0.1, -0.05) is 0 Å². The fourth-order valence-electron chi connectivity index (χ4n) is 8.12. The first-order valence-electron chi connectivity index (χ1n) is 20.1. The lowest BCUT2D eigenvalue weighted by molar-refractivity contribution is -0.697. The highest BCUT2D eigenvalue weighted by Crippen LogP contribution is 2.37. The van der Waals surface area contributed by atoms with E-state index in [2.05, 4.69) is 58.5 Å². The molecule has 0 spiro atoms. The van der Waals surface area contributed by atoms with E-state index >= 15 is 0 Å². The minimum absolute atomic E-state index is 0. The average Bonchev–Trinajstić information content (AvgIpc) is 4.10. The number of aliphatic hydroxyl groups is 4. The fraction of sp³-hybridized carbons (Fsp3) is 0.167. The lowest BCUT2D eigenvalue weighted by atomic mass is 10.1. The Balaban J connectivity index is 0.00000193. The number of aromatic nitrogens is 8. The van der Waals surface area contributed by atoms with Crippen molar-refractivity contribution in [1.82, 2.24) is 19.9 Å². The summed E-state index contributed by atoms with van der Waals surface area (Å²) in [4.78, 5) is 18.3. The van der Waals surface area contributed by atoms with Gasteiger partial charge in [-0.05, 0) is 72.8 Å². The number of pyridine rings is 4. The summed E-state index contributed by atoms with van der Waals surface area (Å²) in [5.74, 6) is 0. The second kappa shape index (κ2) is 22.2. The van der Waals surface area contributed by atoms with Crippen molar-refractivity contribution in [2.45, 2.75) is 26.2 Å². The highest BCUT2D eigenvalue weighted by Gasteiger charge is 2.22. The Labute approximate surface area is 394 Å². The SMILES string of the molecule is OCC[n+]1cccc(-c2c3nc(c(-c4ccc[n+](CCO)c4)c4ccc([nH]4)c(-c4ccc[n+](CCO)c4)c4nc(c(-c5ccc[n+](CCO)c5)c5ccc2[nH]5)C=C4)C=C3)c1.[Cl-].[Cl-].[Cl-].[Cl-]. The Morgan fingerprint density at radius 2 is 0.594 bits per heavy atom. The van der Waals surface area contributed by atoms with Crippen molar-refractivity contribution in [3.63, 3.8) is 0 Å². The van der Waals surface area contributed by atoms with Gasteiger partial charge >= 0.3 is 0 Å². The second-order valence-electron chi connectivity index (χ2n) is 14.7. The number of hydrogen-bond acceptors (Lipinski definition) is 6. The molecule has 64 heavy (non-hydrogen) atoms. The largest absolute Gasteiger partial charge is 1.00 e. The number of hydrogen-bond donors (Lipinski definition) is 6. The van der Waals surface area contributed by atoms with E-state index in [0.717, 1.165) is 89.4 Å². The van der Waals surface area contributed by atoms with Gasteiger partial charge in [-0.3, -0.25) is 0 Å². The summed E-state index contributed by atoms with van der Waals surface area (Å²) in [6.07, 6.45) is 24.1. The molecule has 0 amide bonds. The molecular formula is C48H46Cl4N8O4. The molecule has 7 aromatic rings. The van der Waals surface area contributed by atoms with Gasteiger partial charge in [-0.15, -0.1) is 0 Å². The molecule has 0 atom stereocenters. The average molecular weight is 941 g/mol. The van der Waals surface area contributed by atoms with Gasteiger partial charge in [0, 0.05) is 90.8 Å². The molecule has 0 radical (unpaired) electrons. The first-order valence-corrected chi connectivity index (χ1v) is 20.1. The molecule has 0 saturated carbocycles. The molecule has 0 aromatic carbocycles. The summed E-state index contributed by atoms with van der Waals surface area (Å²) in [5.41, 5.74) is 13.7. The van der Waals surface area contributed by atoms with Gasteiger partial charge in [0.2, 0.25) is 0 Å². The number of nitrogens with one attached hydrogen (secondary N) is 2. The zero-order valence-corrected chi connectivity index (χ0v) is 37.5. The molecule has 16 heteroatoms. The van der Waals surface area contributed by atoms with Crippen molar-refractivity contribution in [3.8, 4) is 44.5 Å². The van der Waals surface area contributed by atoms with Gasteiger partial charge in [-0.25, -0.2) is 28.2 Å². The number of H-pyrrole nitrogens is 2. The fourth-order valence-corrected chi connectivity index (χ4v) is 8.12. The molecule has 0 unspecified atom stereocenters. The number of fused-ring (bicyclic) bond motifs is 8. The minimum Gasteiger partial charge on any atom is -1.00 e. The van der Waals surface area contributed by atoms with E-state index in [4.69, 9.17) is 9.97 Å². The molecular weight excluding hydrogens is 894 g/mol. The molecule has 6 N–H and O–H groups in total. The molecule has 7 aromatic heterocycles. The standard InChI is InChI=1S/C48H46N8O4.4ClH/c57-25-21-53-17-1-5-33(29-53)45-37-9-11-39(49-37)46(34-6-2-18-54(30-34)22-26-58)41-13-15-43(51-41)48(36-8-4-20-56(32-36)24-28-60)44-16-14-42(52-44)47(40-12-10-38(45)50-40)35-7-3-19-55(31-35)23-27-59;;;;/h1-20,29-32,49,52,57-60H,21-28H2;4*1H/q+4;;;;/p-4. The maximum absolute atomic E-state index is 9.85. The number of aliphatic hydroxyl groups excluding tert-OH is 4. The smallest absolute Gasteiger partial charge is 0.176 e. The van der Waals surface area contributed by atoms with Crippen LogP contribution in [-0.4, -0.2) is 66.8 Å². The van der Waals surface area contributed by atoms with E-state index in [1.165, 1.54) is 0 Å². The third kappa shape index (κ3) is 10.1. The Hall–Kier alpha value is -5.80. The molecule has 2 aliphatic rings. The third-order valence-electron chi connectivity index (χ3n) is 10.8. The topological polar surface area (TPSA) is 154 Å². The van der Waals surface area contributed by atoms with Crippen molar-refractivity contribution < 1.29 is 88.3 Å². The minimum atomic E-state index is 0. The van der Waals surface area contributed by atoms with Crippen LogP contribution in [0, 0.1) is 0 Å². The molecule has 9 rings (SSSR count). The van der Waals surface area contributed by atoms with E-state index in [0.29, 0.717) is 26.2 Å². The number of nitrogens with zero attached hydrogens (tertiary/aromatic N) is 6. The van der Waals surface area contributed by atoms with Crippen LogP contribution in [0.25, 0.3) is 90.9 Å². The first-order chi connectivity index (χ1) is 29.5. The van der Waals surface area contributed by atoms with E-state index < -0.39 is 0 Å². The Bertz CT molecular complexity index is 2600. The van der Waals surface area contributed by atoms with Crippen LogP contribution < -0.4 is 67.9 Å². The van der Waals surface area contributed by atoms with Crippen molar-refractivity contribution in [2.24, 2.45) is 0 Å². The maximum atomic E-state index is 9.85. The van der Waals surface area contributed by atoms with Gasteiger partial charge in [0.25, 0.3) is 0 Å². The summed E-state index contributed by atoms with van der Waals surface area (Å²) in [5, 5.41) is 39.4. The number of aromatic amines is 2. The normalized spacial score (nSPS) is 11.3. The Kier molecular flexibility index (Phi) is 17.1. The van der Waals surface area contributed by atoms with E-state index in [1.54, 1.807) is 0 Å². The van der Waals surface area contributed by atoms with Crippen molar-refractivity contribution in [3.05, 3.63) is 145 Å². The zero-order valence-electron chi connectivity index (χ0n) is 34.5. The van der Waals surface area contributed by atoms with E-state index in [-0.39, 0.29) is 76.1 Å². The van der Waals surface area contributed by atoms with Crippen LogP contribution in [0.2, 0.25) is 0 Å². The van der Waals surface area contributed by atoms with Crippen LogP contribution in [-0.2, 0) is 26.2 Å². The van der Waals surface area contributed by atoms with Crippen LogP contribution in [0.5, 0.6) is 0 Å². The monoisotopic (exact) mass is 938 g/mol. The molecule has 330 valence electrons. The van der Waals surface area contributed by atoms with Gasteiger partial charge in [-0.2, -0.15) is 0 Å². The van der Waals surface area contributed by atoms with Crippen molar-refractivity contribution in [1.29, 1.82) is 0 Å².